The lowest BCUT2D eigenvalue weighted by Crippen LogP contribution is -2.12. The van der Waals surface area contributed by atoms with Gasteiger partial charge in [-0.05, 0) is 6.92 Å². The fraction of sp³-hybridized carbons (Fsp3) is 0.0769. The van der Waals surface area contributed by atoms with Gasteiger partial charge in [0.05, 0.1) is 10.7 Å². The number of carbonyl (C=O) groups is 1. The highest BCUT2D eigenvalue weighted by molar-refractivity contribution is 7.14. The maximum Gasteiger partial charge on any atom is 0.270 e. The number of aromatic amines is 1. The Morgan fingerprint density at radius 2 is 2.10 bits per heavy atom. The van der Waals surface area contributed by atoms with Crippen LogP contribution in [0.4, 0.5) is 5.95 Å². The maximum atomic E-state index is 12.3. The molecule has 0 unspecified atom stereocenters. The first-order valence-electron chi connectivity index (χ1n) is 5.93. The standard InChI is InChI=1S/C13H11N5OS/c1-8-16-10(9-5-3-2-4-6-9)11(20-8)12(19)17-13-14-7-15-18-13/h2-7H,1H3,(H2,14,15,17,18,19). The predicted octanol–water partition coefficient (Wildman–Crippen LogP) is 2.49. The molecule has 0 fully saturated rings. The molecule has 0 aliphatic heterocycles. The van der Waals surface area contributed by atoms with Crippen LogP contribution in [-0.4, -0.2) is 26.1 Å². The van der Waals surface area contributed by atoms with Crippen molar-refractivity contribution in [3.63, 3.8) is 0 Å². The number of benzene rings is 1. The average Bonchev–Trinajstić information content (AvgIpc) is 3.09. The van der Waals surface area contributed by atoms with E-state index in [0.29, 0.717) is 16.5 Å². The van der Waals surface area contributed by atoms with Crippen molar-refractivity contribution in [3.05, 3.63) is 46.5 Å². The number of H-pyrrole nitrogens is 1. The summed E-state index contributed by atoms with van der Waals surface area (Å²) in [5, 5.41) is 9.79. The number of aryl methyl sites for hydroxylation is 1. The topological polar surface area (TPSA) is 83.6 Å². The van der Waals surface area contributed by atoms with Gasteiger partial charge in [-0.2, -0.15) is 10.1 Å². The van der Waals surface area contributed by atoms with E-state index in [1.165, 1.54) is 17.7 Å². The van der Waals surface area contributed by atoms with Crippen molar-refractivity contribution in [2.45, 2.75) is 6.92 Å². The van der Waals surface area contributed by atoms with Crippen molar-refractivity contribution in [3.8, 4) is 11.3 Å². The van der Waals surface area contributed by atoms with E-state index in [9.17, 15) is 4.79 Å². The summed E-state index contributed by atoms with van der Waals surface area (Å²) in [6.45, 7) is 1.88. The molecule has 3 rings (SSSR count). The monoisotopic (exact) mass is 285 g/mol. The first-order chi connectivity index (χ1) is 9.74. The second-order valence-corrected chi connectivity index (χ2v) is 5.27. The molecule has 3 aromatic rings. The molecule has 7 heteroatoms. The van der Waals surface area contributed by atoms with Crippen molar-refractivity contribution in [2.24, 2.45) is 0 Å². The van der Waals surface area contributed by atoms with Gasteiger partial charge in [0.25, 0.3) is 5.91 Å². The summed E-state index contributed by atoms with van der Waals surface area (Å²) in [7, 11) is 0. The second-order valence-electron chi connectivity index (χ2n) is 4.06. The van der Waals surface area contributed by atoms with E-state index in [4.69, 9.17) is 0 Å². The Hall–Kier alpha value is -2.54. The van der Waals surface area contributed by atoms with Gasteiger partial charge in [-0.3, -0.25) is 10.1 Å². The summed E-state index contributed by atoms with van der Waals surface area (Å²) in [6.07, 6.45) is 1.34. The van der Waals surface area contributed by atoms with Crippen LogP contribution in [-0.2, 0) is 0 Å². The molecule has 0 atom stereocenters. The van der Waals surface area contributed by atoms with Crippen molar-refractivity contribution in [1.29, 1.82) is 0 Å². The van der Waals surface area contributed by atoms with Crippen LogP contribution in [0.2, 0.25) is 0 Å². The molecule has 1 aromatic carbocycles. The van der Waals surface area contributed by atoms with Crippen LogP contribution < -0.4 is 5.32 Å². The quantitative estimate of drug-likeness (QED) is 0.774. The largest absolute Gasteiger partial charge is 0.290 e. The Bertz CT molecular complexity index is 721. The summed E-state index contributed by atoms with van der Waals surface area (Å²) < 4.78 is 0. The average molecular weight is 285 g/mol. The third-order valence-corrected chi connectivity index (χ3v) is 3.60. The molecule has 0 spiro atoms. The van der Waals surface area contributed by atoms with E-state index >= 15 is 0 Å². The predicted molar refractivity (Wildman–Crippen MR) is 76.6 cm³/mol. The minimum atomic E-state index is -0.244. The number of carbonyl (C=O) groups excluding carboxylic acids is 1. The molecule has 0 radical (unpaired) electrons. The fourth-order valence-electron chi connectivity index (χ4n) is 1.80. The number of aromatic nitrogens is 4. The zero-order valence-electron chi connectivity index (χ0n) is 10.6. The highest BCUT2D eigenvalue weighted by atomic mass is 32.1. The van der Waals surface area contributed by atoms with Gasteiger partial charge in [0, 0.05) is 5.56 Å². The molecular formula is C13H11N5OS. The molecule has 0 saturated carbocycles. The van der Waals surface area contributed by atoms with Gasteiger partial charge in [-0.15, -0.1) is 11.3 Å². The molecule has 20 heavy (non-hydrogen) atoms. The van der Waals surface area contributed by atoms with Gasteiger partial charge >= 0.3 is 0 Å². The Morgan fingerprint density at radius 3 is 2.80 bits per heavy atom. The second kappa shape index (κ2) is 5.22. The molecule has 6 nitrogen and oxygen atoms in total. The number of hydrogen-bond acceptors (Lipinski definition) is 5. The van der Waals surface area contributed by atoms with Gasteiger partial charge < -0.3 is 0 Å². The summed E-state index contributed by atoms with van der Waals surface area (Å²) in [6, 6.07) is 9.63. The normalized spacial score (nSPS) is 10.4. The number of rotatable bonds is 3. The number of nitrogens with one attached hydrogen (secondary N) is 2. The maximum absolute atomic E-state index is 12.3. The van der Waals surface area contributed by atoms with Crippen LogP contribution in [0.5, 0.6) is 0 Å². The lowest BCUT2D eigenvalue weighted by atomic mass is 10.1. The van der Waals surface area contributed by atoms with Crippen LogP contribution in [0.25, 0.3) is 11.3 Å². The first kappa shape index (κ1) is 12.5. The summed E-state index contributed by atoms with van der Waals surface area (Å²) in [5.41, 5.74) is 1.60. The molecular weight excluding hydrogens is 274 g/mol. The van der Waals surface area contributed by atoms with E-state index in [0.717, 1.165) is 10.6 Å². The molecule has 100 valence electrons. The van der Waals surface area contributed by atoms with Crippen molar-refractivity contribution >= 4 is 23.2 Å². The Kier molecular flexibility index (Phi) is 3.26. The zero-order valence-corrected chi connectivity index (χ0v) is 11.4. The van der Waals surface area contributed by atoms with E-state index in [-0.39, 0.29) is 5.91 Å². The minimum absolute atomic E-state index is 0.244. The van der Waals surface area contributed by atoms with E-state index < -0.39 is 0 Å². The SMILES string of the molecule is Cc1nc(-c2ccccc2)c(C(=O)Nc2ncn[nH]2)s1. The molecule has 0 bridgehead atoms. The Balaban J connectivity index is 1.96. The van der Waals surface area contributed by atoms with Gasteiger partial charge in [0.1, 0.15) is 11.2 Å². The minimum Gasteiger partial charge on any atom is -0.290 e. The smallest absolute Gasteiger partial charge is 0.270 e. The summed E-state index contributed by atoms with van der Waals surface area (Å²) in [4.78, 5) is 21.2. The molecule has 1 amide bonds. The number of nitrogens with zero attached hydrogens (tertiary/aromatic N) is 3. The van der Waals surface area contributed by atoms with Crippen molar-refractivity contribution < 1.29 is 4.79 Å². The van der Waals surface area contributed by atoms with Crippen molar-refractivity contribution in [2.75, 3.05) is 5.32 Å². The number of anilines is 1. The van der Waals surface area contributed by atoms with Crippen LogP contribution in [0.15, 0.2) is 36.7 Å². The molecule has 2 heterocycles. The van der Waals surface area contributed by atoms with Gasteiger partial charge in [0.15, 0.2) is 0 Å². The summed E-state index contributed by atoms with van der Waals surface area (Å²) in [5.74, 6) is 0.0752. The highest BCUT2D eigenvalue weighted by Gasteiger charge is 2.18. The van der Waals surface area contributed by atoms with Gasteiger partial charge in [-0.1, -0.05) is 30.3 Å². The third-order valence-electron chi connectivity index (χ3n) is 2.63. The fourth-order valence-corrected chi connectivity index (χ4v) is 2.64. The van der Waals surface area contributed by atoms with E-state index in [2.05, 4.69) is 25.5 Å². The first-order valence-corrected chi connectivity index (χ1v) is 6.75. The third kappa shape index (κ3) is 2.43. The van der Waals surface area contributed by atoms with Gasteiger partial charge in [0.2, 0.25) is 5.95 Å². The molecule has 0 aliphatic rings. The molecule has 0 saturated heterocycles. The molecule has 0 aliphatic carbocycles. The summed E-state index contributed by atoms with van der Waals surface area (Å²) >= 11 is 1.35. The number of hydrogen-bond donors (Lipinski definition) is 2. The van der Waals surface area contributed by atoms with Gasteiger partial charge in [-0.25, -0.2) is 10.1 Å². The van der Waals surface area contributed by atoms with Crippen LogP contribution >= 0.6 is 11.3 Å². The molecule has 2 N–H and O–H groups in total. The van der Waals surface area contributed by atoms with Crippen LogP contribution in [0, 0.1) is 6.92 Å². The van der Waals surface area contributed by atoms with E-state index in [1.807, 2.05) is 37.3 Å². The Labute approximate surface area is 118 Å². The van der Waals surface area contributed by atoms with E-state index in [1.54, 1.807) is 0 Å². The lowest BCUT2D eigenvalue weighted by molar-refractivity contribution is 0.103. The van der Waals surface area contributed by atoms with Crippen molar-refractivity contribution in [1.82, 2.24) is 20.2 Å². The molecule has 2 aromatic heterocycles. The lowest BCUT2D eigenvalue weighted by Gasteiger charge is -2.02. The number of thiazole rings is 1. The Morgan fingerprint density at radius 1 is 1.30 bits per heavy atom. The van der Waals surface area contributed by atoms with Crippen LogP contribution in [0.3, 0.4) is 0 Å². The zero-order chi connectivity index (χ0) is 13.9. The highest BCUT2D eigenvalue weighted by Crippen LogP contribution is 2.28. The number of amides is 1. The van der Waals surface area contributed by atoms with Crippen LogP contribution in [0.1, 0.15) is 14.7 Å².